The third kappa shape index (κ3) is 1.25. The van der Waals surface area contributed by atoms with Gasteiger partial charge in [0.1, 0.15) is 6.61 Å². The SMILES string of the molecule is OC1(C2(c3ccccc3)CCCC2)CO1. The lowest BCUT2D eigenvalue weighted by Crippen LogP contribution is -2.40. The molecule has 1 N–H and O–H groups in total. The fourth-order valence-corrected chi connectivity index (χ4v) is 2.99. The van der Waals surface area contributed by atoms with Crippen LogP contribution in [0.15, 0.2) is 30.3 Å². The molecule has 1 aliphatic heterocycles. The van der Waals surface area contributed by atoms with Gasteiger partial charge in [-0.25, -0.2) is 0 Å². The van der Waals surface area contributed by atoms with Crippen molar-refractivity contribution in [2.24, 2.45) is 0 Å². The summed E-state index contributed by atoms with van der Waals surface area (Å²) in [5.41, 5.74) is 1.11. The largest absolute Gasteiger partial charge is 0.363 e. The minimum Gasteiger partial charge on any atom is -0.363 e. The van der Waals surface area contributed by atoms with Gasteiger partial charge in [-0.3, -0.25) is 0 Å². The molecular weight excluding hydrogens is 188 g/mol. The summed E-state index contributed by atoms with van der Waals surface area (Å²) in [6.07, 6.45) is 4.49. The summed E-state index contributed by atoms with van der Waals surface area (Å²) in [6.45, 7) is 0.502. The van der Waals surface area contributed by atoms with Gasteiger partial charge in [0.05, 0.1) is 5.41 Å². The molecular formula is C13H16O2. The Labute approximate surface area is 89.9 Å². The number of hydrogen-bond acceptors (Lipinski definition) is 2. The molecule has 1 aromatic rings. The Kier molecular flexibility index (Phi) is 1.91. The maximum absolute atomic E-state index is 10.3. The van der Waals surface area contributed by atoms with E-state index < -0.39 is 5.79 Å². The summed E-state index contributed by atoms with van der Waals surface area (Å²) >= 11 is 0. The molecule has 3 rings (SSSR count). The standard InChI is InChI=1S/C13H16O2/c14-13(10-15-13)12(8-4-5-9-12)11-6-2-1-3-7-11/h1-3,6-7,14H,4-5,8-10H2. The van der Waals surface area contributed by atoms with Crippen molar-refractivity contribution in [3.05, 3.63) is 35.9 Å². The normalized spacial score (nSPS) is 32.9. The van der Waals surface area contributed by atoms with Crippen LogP contribution in [-0.4, -0.2) is 17.5 Å². The molecule has 15 heavy (non-hydrogen) atoms. The van der Waals surface area contributed by atoms with Crippen LogP contribution < -0.4 is 0 Å². The number of rotatable bonds is 2. The van der Waals surface area contributed by atoms with Crippen molar-refractivity contribution < 1.29 is 9.84 Å². The molecule has 0 amide bonds. The van der Waals surface area contributed by atoms with Gasteiger partial charge in [-0.15, -0.1) is 0 Å². The predicted octanol–water partition coefficient (Wildman–Crippen LogP) is 2.22. The topological polar surface area (TPSA) is 32.8 Å². The molecule has 2 heteroatoms. The number of epoxide rings is 1. The highest BCUT2D eigenvalue weighted by molar-refractivity contribution is 5.31. The summed E-state index contributed by atoms with van der Waals surface area (Å²) in [6, 6.07) is 10.3. The summed E-state index contributed by atoms with van der Waals surface area (Å²) in [5.74, 6) is -0.870. The summed E-state index contributed by atoms with van der Waals surface area (Å²) in [4.78, 5) is 0. The Hall–Kier alpha value is -0.860. The lowest BCUT2D eigenvalue weighted by molar-refractivity contribution is -0.0364. The molecule has 2 aliphatic rings. The molecule has 2 nitrogen and oxygen atoms in total. The zero-order valence-electron chi connectivity index (χ0n) is 8.78. The van der Waals surface area contributed by atoms with Crippen molar-refractivity contribution in [1.29, 1.82) is 0 Å². The van der Waals surface area contributed by atoms with Gasteiger partial charge in [-0.2, -0.15) is 0 Å². The smallest absolute Gasteiger partial charge is 0.199 e. The van der Waals surface area contributed by atoms with E-state index in [1.165, 1.54) is 18.4 Å². The average Bonchev–Trinajstić information content (AvgIpc) is 2.86. The molecule has 0 radical (unpaired) electrons. The lowest BCUT2D eigenvalue weighted by atomic mass is 9.74. The zero-order valence-corrected chi connectivity index (χ0v) is 8.78. The summed E-state index contributed by atoms with van der Waals surface area (Å²) in [5, 5.41) is 10.3. The van der Waals surface area contributed by atoms with E-state index in [0.717, 1.165) is 12.8 Å². The molecule has 0 spiro atoms. The zero-order chi connectivity index (χ0) is 10.4. The van der Waals surface area contributed by atoms with Gasteiger partial charge in [0.15, 0.2) is 5.79 Å². The molecule has 1 atom stereocenters. The molecule has 0 aromatic heterocycles. The van der Waals surface area contributed by atoms with Gasteiger partial charge < -0.3 is 9.84 Å². The van der Waals surface area contributed by atoms with Crippen molar-refractivity contribution in [1.82, 2.24) is 0 Å². The number of aliphatic hydroxyl groups is 1. The Morgan fingerprint density at radius 2 is 1.67 bits per heavy atom. The van der Waals surface area contributed by atoms with Crippen LogP contribution in [0.5, 0.6) is 0 Å². The van der Waals surface area contributed by atoms with Crippen molar-refractivity contribution in [2.75, 3.05) is 6.61 Å². The molecule has 1 saturated carbocycles. The molecule has 1 saturated heterocycles. The Bertz CT molecular complexity index is 348. The van der Waals surface area contributed by atoms with E-state index in [0.29, 0.717) is 6.61 Å². The highest BCUT2D eigenvalue weighted by Crippen LogP contribution is 2.54. The van der Waals surface area contributed by atoms with Crippen LogP contribution in [-0.2, 0) is 10.2 Å². The van der Waals surface area contributed by atoms with Gasteiger partial charge in [-0.05, 0) is 18.4 Å². The van der Waals surface area contributed by atoms with E-state index in [-0.39, 0.29) is 5.41 Å². The molecule has 1 heterocycles. The van der Waals surface area contributed by atoms with Gasteiger partial charge in [0, 0.05) is 0 Å². The van der Waals surface area contributed by atoms with Gasteiger partial charge in [0.2, 0.25) is 0 Å². The molecule has 1 unspecified atom stereocenters. The maximum atomic E-state index is 10.3. The first-order valence-electron chi connectivity index (χ1n) is 5.69. The third-order valence-corrected chi connectivity index (χ3v) is 3.95. The van der Waals surface area contributed by atoms with Gasteiger partial charge in [0.25, 0.3) is 0 Å². The predicted molar refractivity (Wildman–Crippen MR) is 57.5 cm³/mol. The van der Waals surface area contributed by atoms with Crippen LogP contribution in [0.1, 0.15) is 31.2 Å². The second kappa shape index (κ2) is 3.06. The van der Waals surface area contributed by atoms with E-state index in [9.17, 15) is 5.11 Å². The number of hydrogen-bond donors (Lipinski definition) is 1. The molecule has 1 aromatic carbocycles. The second-order valence-electron chi connectivity index (χ2n) is 4.73. The average molecular weight is 204 g/mol. The third-order valence-electron chi connectivity index (χ3n) is 3.95. The molecule has 0 bridgehead atoms. The summed E-state index contributed by atoms with van der Waals surface area (Å²) in [7, 11) is 0. The molecule has 2 fully saturated rings. The maximum Gasteiger partial charge on any atom is 0.199 e. The minimum atomic E-state index is -0.870. The van der Waals surface area contributed by atoms with Crippen LogP contribution in [0.4, 0.5) is 0 Å². The van der Waals surface area contributed by atoms with E-state index in [4.69, 9.17) is 4.74 Å². The van der Waals surface area contributed by atoms with Crippen molar-refractivity contribution >= 4 is 0 Å². The first-order valence-corrected chi connectivity index (χ1v) is 5.69. The number of ether oxygens (including phenoxy) is 1. The Morgan fingerprint density at radius 3 is 2.20 bits per heavy atom. The van der Waals surface area contributed by atoms with Crippen molar-refractivity contribution in [3.63, 3.8) is 0 Å². The monoisotopic (exact) mass is 204 g/mol. The van der Waals surface area contributed by atoms with Crippen LogP contribution in [0, 0.1) is 0 Å². The Morgan fingerprint density at radius 1 is 1.07 bits per heavy atom. The highest BCUT2D eigenvalue weighted by atomic mass is 16.7. The van der Waals surface area contributed by atoms with Gasteiger partial charge in [-0.1, -0.05) is 43.2 Å². The van der Waals surface area contributed by atoms with Crippen molar-refractivity contribution in [3.8, 4) is 0 Å². The lowest BCUT2D eigenvalue weighted by Gasteiger charge is -2.32. The van der Waals surface area contributed by atoms with Gasteiger partial charge >= 0.3 is 0 Å². The van der Waals surface area contributed by atoms with Crippen LogP contribution >= 0.6 is 0 Å². The first-order chi connectivity index (χ1) is 7.27. The first kappa shape index (κ1) is 9.37. The van der Waals surface area contributed by atoms with Crippen LogP contribution in [0.2, 0.25) is 0 Å². The highest BCUT2D eigenvalue weighted by Gasteiger charge is 2.62. The number of benzene rings is 1. The summed E-state index contributed by atoms with van der Waals surface area (Å²) < 4.78 is 5.29. The minimum absolute atomic E-state index is 0.131. The van der Waals surface area contributed by atoms with Crippen LogP contribution in [0.25, 0.3) is 0 Å². The fourth-order valence-electron chi connectivity index (χ4n) is 2.99. The quantitative estimate of drug-likeness (QED) is 0.749. The van der Waals surface area contributed by atoms with E-state index in [2.05, 4.69) is 12.1 Å². The fraction of sp³-hybridized carbons (Fsp3) is 0.538. The van der Waals surface area contributed by atoms with E-state index >= 15 is 0 Å². The van der Waals surface area contributed by atoms with E-state index in [1.807, 2.05) is 18.2 Å². The molecule has 80 valence electrons. The second-order valence-corrected chi connectivity index (χ2v) is 4.73. The van der Waals surface area contributed by atoms with Crippen LogP contribution in [0.3, 0.4) is 0 Å². The molecule has 1 aliphatic carbocycles. The van der Waals surface area contributed by atoms with E-state index in [1.54, 1.807) is 0 Å². The Balaban J connectivity index is 2.05. The van der Waals surface area contributed by atoms with Crippen molar-refractivity contribution in [2.45, 2.75) is 36.9 Å².